The number of phenolic OH excluding ortho intramolecular Hbond substituents is 6. The first kappa shape index (κ1) is 99.8. The largest absolute Gasteiger partial charge is 0.506 e. The zero-order valence-electron chi connectivity index (χ0n) is 76.6. The van der Waals surface area contributed by atoms with Gasteiger partial charge in [0.15, 0.2) is 17.2 Å². The van der Waals surface area contributed by atoms with E-state index in [2.05, 4.69) is 177 Å². The van der Waals surface area contributed by atoms with Crippen LogP contribution in [0.2, 0.25) is 0 Å². The van der Waals surface area contributed by atoms with Crippen molar-refractivity contribution in [2.24, 2.45) is 0 Å². The van der Waals surface area contributed by atoms with E-state index in [9.17, 15) is 60.4 Å². The molecule has 23 aromatic rings. The van der Waals surface area contributed by atoms with E-state index in [1.807, 2.05) is 206 Å². The molecule has 0 aliphatic rings. The molecule has 1 amide bonds. The second kappa shape index (κ2) is 45.8. The lowest BCUT2D eigenvalue weighted by atomic mass is 9.79. The molecule has 0 saturated carbocycles. The molecule has 22 aromatic carbocycles. The fraction of sp³-hybridized carbons (Fsp3) is 0. The van der Waals surface area contributed by atoms with Crippen molar-refractivity contribution in [2.45, 2.75) is 0 Å². The number of nitro groups is 3. The van der Waals surface area contributed by atoms with Crippen molar-refractivity contribution in [3.05, 3.63) is 493 Å². The number of fused-ring (bicyclic) bond motifs is 12. The van der Waals surface area contributed by atoms with Crippen LogP contribution in [-0.2, 0) is 0 Å². The number of hydrogen-bond donors (Lipinski definition) is 10. The number of nitrogens with zero attached hydrogens (tertiary/aromatic N) is 4. The molecular weight excluding hydrogens is 1980 g/mol. The van der Waals surface area contributed by atoms with Crippen LogP contribution in [0.3, 0.4) is 0 Å². The number of nitrogen functional groups attached to an aromatic ring is 1. The predicted molar refractivity (Wildman–Crippen MR) is 590 cm³/mol. The molecule has 22 nitrogen and oxygen atoms in total. The Hall–Kier alpha value is -18.2. The van der Waals surface area contributed by atoms with Gasteiger partial charge in [-0.15, -0.1) is 0 Å². The molecule has 23 rings (SSSR count). The van der Waals surface area contributed by atoms with Gasteiger partial charge in [0, 0.05) is 48.4 Å². The third kappa shape index (κ3) is 22.9. The van der Waals surface area contributed by atoms with Gasteiger partial charge in [-0.25, -0.2) is 4.98 Å². The highest BCUT2D eigenvalue weighted by molar-refractivity contribution is 9.11. The van der Waals surface area contributed by atoms with Crippen molar-refractivity contribution in [3.8, 4) is 79.1 Å². The van der Waals surface area contributed by atoms with Crippen LogP contribution in [0.1, 0.15) is 20.7 Å². The summed E-state index contributed by atoms with van der Waals surface area (Å²) in [5.41, 5.74) is 13.7. The zero-order chi connectivity index (χ0) is 102. The van der Waals surface area contributed by atoms with Gasteiger partial charge in [-0.1, -0.05) is 374 Å². The smallest absolute Gasteiger partial charge is 0.495 e. The summed E-state index contributed by atoms with van der Waals surface area (Å²) in [4.78, 5) is 58.6. The Morgan fingerprint density at radius 3 is 1.15 bits per heavy atom. The molecule has 0 radical (unpaired) electrons. The first-order valence-corrected chi connectivity index (χ1v) is 47.0. The first-order valence-electron chi connectivity index (χ1n) is 45.1. The summed E-state index contributed by atoms with van der Waals surface area (Å²) in [7, 11) is -1.97. The van der Waals surface area contributed by atoms with Gasteiger partial charge in [-0.3, -0.25) is 39.9 Å². The lowest BCUT2D eigenvalue weighted by Gasteiger charge is -2.15. The molecule has 11 N–H and O–H groups in total. The van der Waals surface area contributed by atoms with Crippen LogP contribution in [0.15, 0.2) is 452 Å². The van der Waals surface area contributed by atoms with E-state index >= 15 is 0 Å². The first-order chi connectivity index (χ1) is 70.3. The average Bonchev–Trinajstić information content (AvgIpc) is 0.728. The maximum atomic E-state index is 13.0. The van der Waals surface area contributed by atoms with Crippen molar-refractivity contribution in [3.63, 3.8) is 0 Å². The van der Waals surface area contributed by atoms with Crippen molar-refractivity contribution in [1.29, 1.82) is 0 Å². The van der Waals surface area contributed by atoms with Gasteiger partial charge in [-0.05, 0) is 215 Å². The van der Waals surface area contributed by atoms with Gasteiger partial charge >= 0.3 is 24.2 Å². The Bertz CT molecular complexity index is 8850. The number of anilines is 2. The summed E-state index contributed by atoms with van der Waals surface area (Å²) < 4.78 is 1.44. The number of nitrogens with two attached hydrogens (primary N) is 1. The third-order valence-corrected chi connectivity index (χ3v) is 25.4. The summed E-state index contributed by atoms with van der Waals surface area (Å²) in [5, 5.41) is 132. The monoisotopic (exact) mass is 2060 g/mol. The van der Waals surface area contributed by atoms with Crippen molar-refractivity contribution in [1.82, 2.24) is 4.98 Å². The van der Waals surface area contributed by atoms with Gasteiger partial charge in [0.2, 0.25) is 0 Å². The zero-order valence-corrected chi connectivity index (χ0v) is 80.5. The van der Waals surface area contributed by atoms with Gasteiger partial charge in [0.05, 0.1) is 47.3 Å². The summed E-state index contributed by atoms with van der Waals surface area (Å²) in [6, 6.07) is 139. The molecule has 26 heteroatoms. The fourth-order valence-corrected chi connectivity index (χ4v) is 18.1. The van der Waals surface area contributed by atoms with Crippen molar-refractivity contribution in [2.75, 3.05) is 11.1 Å². The second-order valence-electron chi connectivity index (χ2n) is 32.9. The Balaban J connectivity index is 0.000000122. The summed E-state index contributed by atoms with van der Waals surface area (Å²) >= 11 is 11.8. The van der Waals surface area contributed by atoms with E-state index in [1.54, 1.807) is 54.6 Å². The van der Waals surface area contributed by atoms with Gasteiger partial charge in [0.1, 0.15) is 22.8 Å². The van der Waals surface area contributed by atoms with E-state index in [1.165, 1.54) is 62.6 Å². The number of phenols is 6. The molecule has 1 heterocycles. The molecule has 0 aliphatic carbocycles. The third-order valence-electron chi connectivity index (χ3n) is 23.9. The number of benzene rings is 22. The molecule has 0 bridgehead atoms. The number of hydrogen-bond acceptors (Lipinski definition) is 18. The van der Waals surface area contributed by atoms with Crippen LogP contribution in [-0.4, -0.2) is 78.7 Å². The molecule has 0 spiro atoms. The number of carbonyl (C=O) groups excluding carboxylic acids is 2. The Morgan fingerprint density at radius 2 is 0.648 bits per heavy atom. The predicted octanol–water partition coefficient (Wildman–Crippen LogP) is 29.5. The Morgan fingerprint density at radius 1 is 0.303 bits per heavy atom. The maximum Gasteiger partial charge on any atom is 0.495 e. The number of para-hydroxylation sites is 6. The van der Waals surface area contributed by atoms with Gasteiger partial charge < -0.3 is 51.7 Å². The van der Waals surface area contributed by atoms with E-state index < -0.39 is 38.6 Å². The normalized spacial score (nSPS) is 10.7. The van der Waals surface area contributed by atoms with Crippen LogP contribution in [0.4, 0.5) is 28.4 Å². The number of carbonyl (C=O) groups is 2. The summed E-state index contributed by atoms with van der Waals surface area (Å²) in [5.74, 6) is -1.13. The number of halogens is 3. The molecule has 0 unspecified atom stereocenters. The lowest BCUT2D eigenvalue weighted by molar-refractivity contribution is -0.386. The number of aromatic nitrogens is 1. The number of amides is 1. The topological polar surface area (TPSA) is 376 Å². The molecule has 1 aromatic heterocycles. The molecule has 0 aliphatic heterocycles. The van der Waals surface area contributed by atoms with E-state index in [0.29, 0.717) is 33.6 Å². The molecule has 710 valence electrons. The Labute approximate surface area is 850 Å². The van der Waals surface area contributed by atoms with Crippen LogP contribution in [0, 0.1) is 30.3 Å². The summed E-state index contributed by atoms with van der Waals surface area (Å²) in [6.07, 6.45) is 0. The minimum absolute atomic E-state index is 0.0366. The number of pyridine rings is 1. The minimum atomic E-state index is -1.97. The maximum absolute atomic E-state index is 13.0. The summed E-state index contributed by atoms with van der Waals surface area (Å²) in [6.45, 7) is 0. The number of nitro benzene ring substituents is 3. The molecular formula is C119H84BBr2ClN6O16. The molecule has 145 heavy (non-hydrogen) atoms. The quantitative estimate of drug-likeness (QED) is 0.0109. The fourth-order valence-electron chi connectivity index (χ4n) is 17.0. The van der Waals surface area contributed by atoms with Crippen LogP contribution >= 0.6 is 43.5 Å². The highest BCUT2D eigenvalue weighted by Gasteiger charge is 2.28. The minimum Gasteiger partial charge on any atom is -0.506 e. The number of aromatic hydroxyl groups is 6. The van der Waals surface area contributed by atoms with Gasteiger partial charge in [-0.2, -0.15) is 0 Å². The van der Waals surface area contributed by atoms with E-state index in [-0.39, 0.29) is 56.0 Å². The second-order valence-corrected chi connectivity index (χ2v) is 34.9. The molecule has 0 atom stereocenters. The molecule has 0 saturated heterocycles. The van der Waals surface area contributed by atoms with Crippen LogP contribution in [0.5, 0.6) is 34.5 Å². The van der Waals surface area contributed by atoms with E-state index in [4.69, 9.17) is 42.6 Å². The average molecular weight is 2060 g/mol. The highest BCUT2D eigenvalue weighted by Crippen LogP contribution is 2.45. The van der Waals surface area contributed by atoms with Crippen LogP contribution < -0.4 is 16.5 Å². The highest BCUT2D eigenvalue weighted by atomic mass is 79.9. The number of rotatable bonds is 11. The van der Waals surface area contributed by atoms with Gasteiger partial charge in [0.25, 0.3) is 11.1 Å². The Kier molecular flexibility index (Phi) is 31.5. The lowest BCUT2D eigenvalue weighted by Crippen LogP contribution is -2.31. The van der Waals surface area contributed by atoms with Crippen molar-refractivity contribution >= 4 is 203 Å². The van der Waals surface area contributed by atoms with E-state index in [0.717, 1.165) is 126 Å². The van der Waals surface area contributed by atoms with Crippen molar-refractivity contribution < 1.29 is 65.0 Å². The molecule has 0 fully saturated rings. The standard InChI is InChI=1S/C27H19NO2.C27H17NO.C16H11NO3.C16H13NO.C11H7ClO.C10H7Br.C6H6BNO5.C6H4BrNO3/c29-25-14-6-13-24(23-12-5-10-19-8-3-4-11-22(19)23)26(25)28-27(30)21-16-15-18-7-1-2-9-20(18)17-21;29-24-11-5-10-22-25-21-9-4-3-7-18(21)14-15-23(25)26(28-27(22)24)20-13-12-17-6-1-2-8-19(17)16-20;18-15-10-4-9-14(16(15)17(19)20)13-8-3-6-11-5-1-2-7-12(11)13;17-16-14(9-4-10-15(16)18)13-8-3-6-11-5-1-2-7-12(11)13;12-11(13)10-6-5-8-3-1-2-4-9(8)7-10;11-10-7-3-5-8-4-1-2-6-9(8)10;9-5-3-1-2-4(7(10)11)6(5)8(12)13;7-4-2-1-3-5(9)6(4)8(10)11/h1-17,29H,(H,28,30);1-16,29H;1-10,18H;1-10,18H,17H2;1-7H;1-7H;1-3,9-11H;1-3,9H. The number of nitrogens with one attached hydrogen (secondary N) is 1. The van der Waals surface area contributed by atoms with Crippen LogP contribution in [0.25, 0.3) is 152 Å². The SMILES string of the molecule is Brc1cccc2ccccc12.Nc1c(O)cccc1-c1cccc2ccccc12.O=C(Cl)c1ccc2ccccc2c1.O=C(Nc1c(O)cccc1-c1cccc2ccccc12)c1ccc2ccccc2c1.O=[N+]([O-])c1c(O)cccc1-c1cccc2ccccc12.O=[N+]([O-])c1c(O)cccc1B(O)O.O=[N+]([O-])c1c(O)cccc1Br.Oc1cccc2c1nc(-c1ccc3ccccc3c1)c1ccc3ccccc3c12.